The van der Waals surface area contributed by atoms with E-state index in [1.165, 1.54) is 12.1 Å². The van der Waals surface area contributed by atoms with Gasteiger partial charge in [0.05, 0.1) is 6.10 Å². The Bertz CT molecular complexity index is 757. The van der Waals surface area contributed by atoms with Gasteiger partial charge < -0.3 is 20.2 Å². The molecule has 0 saturated carbocycles. The van der Waals surface area contributed by atoms with E-state index in [1.807, 2.05) is 4.90 Å². The monoisotopic (exact) mass is 389 g/mol. The van der Waals surface area contributed by atoms with Crippen molar-refractivity contribution in [2.75, 3.05) is 11.4 Å². The molecule has 3 unspecified atom stereocenters. The third-order valence-corrected chi connectivity index (χ3v) is 6.37. The minimum absolute atomic E-state index is 0.0524. The number of carbonyl (C=O) groups is 2. The quantitative estimate of drug-likeness (QED) is 0.817. The van der Waals surface area contributed by atoms with Gasteiger partial charge in [0, 0.05) is 24.3 Å². The fraction of sp³-hybridized carbons (Fsp3) is 0.619. The molecule has 152 valence electrons. The molecule has 2 N–H and O–H groups in total. The Morgan fingerprint density at radius 3 is 2.57 bits per heavy atom. The highest BCUT2D eigenvalue weighted by atomic mass is 19.1. The molecule has 7 heteroatoms. The predicted octanol–water partition coefficient (Wildman–Crippen LogP) is 2.72. The highest BCUT2D eigenvalue weighted by Gasteiger charge is 2.42. The maximum absolute atomic E-state index is 13.4. The molecule has 1 aromatic carbocycles. The second-order valence-corrected chi connectivity index (χ2v) is 8.34. The standard InChI is InChI=1S/C21H28FN3O3/c1-13-10-14(22)7-8-19(13)24-9-3-6-18(20(24)27)23-21(28)25-15-4-2-5-16(25)12-17(26)11-15/h7-8,10,15-18,26H,2-6,9,11-12H2,1H3,(H,23,28). The molecule has 0 radical (unpaired) electrons. The first kappa shape index (κ1) is 19.2. The molecular weight excluding hydrogens is 361 g/mol. The van der Waals surface area contributed by atoms with Crippen molar-refractivity contribution in [3.63, 3.8) is 0 Å². The van der Waals surface area contributed by atoms with Gasteiger partial charge in [-0.3, -0.25) is 4.79 Å². The molecule has 0 aliphatic carbocycles. The summed E-state index contributed by atoms with van der Waals surface area (Å²) in [6, 6.07) is 3.75. The van der Waals surface area contributed by atoms with Gasteiger partial charge >= 0.3 is 6.03 Å². The maximum Gasteiger partial charge on any atom is 0.318 e. The van der Waals surface area contributed by atoms with Gasteiger partial charge in [-0.25, -0.2) is 9.18 Å². The second-order valence-electron chi connectivity index (χ2n) is 8.34. The van der Waals surface area contributed by atoms with Crippen LogP contribution in [0.25, 0.3) is 0 Å². The molecular formula is C21H28FN3O3. The molecule has 2 bridgehead atoms. The number of benzene rings is 1. The number of aryl methyl sites for hydroxylation is 1. The number of aliphatic hydroxyl groups excluding tert-OH is 1. The van der Waals surface area contributed by atoms with E-state index in [4.69, 9.17) is 0 Å². The molecule has 1 aromatic rings. The lowest BCUT2D eigenvalue weighted by Crippen LogP contribution is -2.62. The van der Waals surface area contributed by atoms with E-state index in [0.29, 0.717) is 37.1 Å². The Hall–Kier alpha value is -2.15. The van der Waals surface area contributed by atoms with Gasteiger partial charge in [-0.15, -0.1) is 0 Å². The summed E-state index contributed by atoms with van der Waals surface area (Å²) in [6.07, 6.45) is 5.15. The number of halogens is 1. The molecule has 3 fully saturated rings. The molecule has 28 heavy (non-hydrogen) atoms. The summed E-state index contributed by atoms with van der Waals surface area (Å²) in [5.74, 6) is -0.467. The average molecular weight is 389 g/mol. The molecule has 3 saturated heterocycles. The highest BCUT2D eigenvalue weighted by molar-refractivity contribution is 6.00. The number of nitrogens with one attached hydrogen (secondary N) is 1. The van der Waals surface area contributed by atoms with E-state index >= 15 is 0 Å². The van der Waals surface area contributed by atoms with Crippen LogP contribution in [-0.2, 0) is 4.79 Å². The normalized spacial score (nSPS) is 30.3. The van der Waals surface area contributed by atoms with E-state index in [-0.39, 0.29) is 35.9 Å². The predicted molar refractivity (Wildman–Crippen MR) is 104 cm³/mol. The van der Waals surface area contributed by atoms with E-state index < -0.39 is 6.04 Å². The Labute approximate surface area is 164 Å². The van der Waals surface area contributed by atoms with Crippen LogP contribution in [0.1, 0.15) is 50.5 Å². The third-order valence-electron chi connectivity index (χ3n) is 6.37. The maximum atomic E-state index is 13.4. The van der Waals surface area contributed by atoms with Crippen molar-refractivity contribution >= 4 is 17.6 Å². The van der Waals surface area contributed by atoms with Gasteiger partial charge in [0.25, 0.3) is 0 Å². The van der Waals surface area contributed by atoms with E-state index in [0.717, 1.165) is 25.7 Å². The van der Waals surface area contributed by atoms with Crippen LogP contribution in [0, 0.1) is 12.7 Å². The summed E-state index contributed by atoms with van der Waals surface area (Å²) in [5.41, 5.74) is 1.41. The molecule has 3 aliphatic rings. The van der Waals surface area contributed by atoms with Crippen molar-refractivity contribution < 1.29 is 19.1 Å². The Kier molecular flexibility index (Phi) is 5.27. The minimum Gasteiger partial charge on any atom is -0.393 e. The number of carbonyl (C=O) groups excluding carboxylic acids is 2. The van der Waals surface area contributed by atoms with Crippen LogP contribution in [0.2, 0.25) is 0 Å². The Balaban J connectivity index is 1.47. The van der Waals surface area contributed by atoms with E-state index in [1.54, 1.807) is 17.9 Å². The smallest absolute Gasteiger partial charge is 0.318 e. The second kappa shape index (κ2) is 7.70. The molecule has 3 aliphatic heterocycles. The number of anilines is 1. The van der Waals surface area contributed by atoms with Crippen LogP contribution in [0.15, 0.2) is 18.2 Å². The number of hydrogen-bond donors (Lipinski definition) is 2. The van der Waals surface area contributed by atoms with Crippen molar-refractivity contribution in [2.24, 2.45) is 0 Å². The zero-order valence-corrected chi connectivity index (χ0v) is 16.2. The van der Waals surface area contributed by atoms with Crippen molar-refractivity contribution in [1.82, 2.24) is 10.2 Å². The lowest BCUT2D eigenvalue weighted by molar-refractivity contribution is -0.121. The van der Waals surface area contributed by atoms with Crippen LogP contribution >= 0.6 is 0 Å². The number of nitrogens with zero attached hydrogens (tertiary/aromatic N) is 2. The Morgan fingerprint density at radius 1 is 1.18 bits per heavy atom. The third kappa shape index (κ3) is 3.60. The number of fused-ring (bicyclic) bond motifs is 2. The lowest BCUT2D eigenvalue weighted by Gasteiger charge is -2.48. The molecule has 6 nitrogen and oxygen atoms in total. The minimum atomic E-state index is -0.571. The van der Waals surface area contributed by atoms with Crippen molar-refractivity contribution in [1.29, 1.82) is 0 Å². The van der Waals surface area contributed by atoms with E-state index in [2.05, 4.69) is 5.32 Å². The lowest BCUT2D eigenvalue weighted by atomic mass is 9.83. The fourth-order valence-electron chi connectivity index (χ4n) is 5.08. The van der Waals surface area contributed by atoms with Crippen LogP contribution < -0.4 is 10.2 Å². The van der Waals surface area contributed by atoms with Crippen LogP contribution in [0.4, 0.5) is 14.9 Å². The van der Waals surface area contributed by atoms with Crippen LogP contribution in [-0.4, -0.2) is 52.7 Å². The first-order valence-electron chi connectivity index (χ1n) is 10.3. The highest BCUT2D eigenvalue weighted by Crippen LogP contribution is 2.34. The van der Waals surface area contributed by atoms with Gasteiger partial charge in [-0.05, 0) is 75.6 Å². The van der Waals surface area contributed by atoms with Crippen molar-refractivity contribution in [2.45, 2.75) is 76.1 Å². The van der Waals surface area contributed by atoms with Gasteiger partial charge in [-0.1, -0.05) is 0 Å². The van der Waals surface area contributed by atoms with Gasteiger partial charge in [0.1, 0.15) is 11.9 Å². The number of piperidine rings is 3. The van der Waals surface area contributed by atoms with Crippen molar-refractivity contribution in [3.05, 3.63) is 29.6 Å². The summed E-state index contributed by atoms with van der Waals surface area (Å²) in [4.78, 5) is 29.6. The number of rotatable bonds is 2. The topological polar surface area (TPSA) is 72.9 Å². The fourth-order valence-corrected chi connectivity index (χ4v) is 5.08. The van der Waals surface area contributed by atoms with Gasteiger partial charge in [-0.2, -0.15) is 0 Å². The number of amides is 3. The van der Waals surface area contributed by atoms with Crippen LogP contribution in [0.3, 0.4) is 0 Å². The molecule has 0 spiro atoms. The zero-order chi connectivity index (χ0) is 19.8. The van der Waals surface area contributed by atoms with Crippen molar-refractivity contribution in [3.8, 4) is 0 Å². The largest absolute Gasteiger partial charge is 0.393 e. The number of urea groups is 1. The first-order valence-corrected chi connectivity index (χ1v) is 10.3. The summed E-state index contributed by atoms with van der Waals surface area (Å²) in [7, 11) is 0. The molecule has 3 heterocycles. The summed E-state index contributed by atoms with van der Waals surface area (Å²) in [5, 5.41) is 13.0. The average Bonchev–Trinajstić information content (AvgIpc) is 2.63. The van der Waals surface area contributed by atoms with Crippen LogP contribution in [0.5, 0.6) is 0 Å². The van der Waals surface area contributed by atoms with Gasteiger partial charge in [0.2, 0.25) is 5.91 Å². The molecule has 4 rings (SSSR count). The summed E-state index contributed by atoms with van der Waals surface area (Å²) in [6.45, 7) is 2.35. The summed E-state index contributed by atoms with van der Waals surface area (Å²) >= 11 is 0. The number of aliphatic hydroxyl groups is 1. The SMILES string of the molecule is Cc1cc(F)ccc1N1CCCC(NC(=O)N2C3CCCC2CC(O)C3)C1=O. The Morgan fingerprint density at radius 2 is 1.89 bits per heavy atom. The molecule has 3 atom stereocenters. The number of hydrogen-bond acceptors (Lipinski definition) is 3. The van der Waals surface area contributed by atoms with E-state index in [9.17, 15) is 19.1 Å². The first-order chi connectivity index (χ1) is 13.4. The van der Waals surface area contributed by atoms with Gasteiger partial charge in [0.15, 0.2) is 0 Å². The zero-order valence-electron chi connectivity index (χ0n) is 16.2. The molecule has 0 aromatic heterocycles. The molecule has 3 amide bonds. The summed E-state index contributed by atoms with van der Waals surface area (Å²) < 4.78 is 13.4.